The second-order valence-electron chi connectivity index (χ2n) is 7.39. The van der Waals surface area contributed by atoms with E-state index in [1.807, 2.05) is 36.1 Å². The summed E-state index contributed by atoms with van der Waals surface area (Å²) in [5.41, 5.74) is 6.72. The van der Waals surface area contributed by atoms with Gasteiger partial charge in [-0.15, -0.1) is 0 Å². The zero-order chi connectivity index (χ0) is 22.1. The second kappa shape index (κ2) is 8.77. The molecule has 2 heterocycles. The molecule has 0 saturated carbocycles. The molecule has 2 aromatic carbocycles. The Bertz CT molecular complexity index is 1280. The monoisotopic (exact) mass is 451 g/mol. The van der Waals surface area contributed by atoms with Crippen molar-refractivity contribution in [1.29, 1.82) is 0 Å². The highest BCUT2D eigenvalue weighted by atomic mass is 35.5. The highest BCUT2D eigenvalue weighted by Crippen LogP contribution is 2.35. The fourth-order valence-corrected chi connectivity index (χ4v) is 4.27. The van der Waals surface area contributed by atoms with Gasteiger partial charge < -0.3 is 9.29 Å². The molecule has 4 rings (SSSR count). The van der Waals surface area contributed by atoms with E-state index < -0.39 is 0 Å². The van der Waals surface area contributed by atoms with E-state index in [-0.39, 0.29) is 5.82 Å². The fourth-order valence-electron chi connectivity index (χ4n) is 3.76. The van der Waals surface area contributed by atoms with Gasteiger partial charge in [0.1, 0.15) is 11.5 Å². The van der Waals surface area contributed by atoms with Crippen LogP contribution in [0.1, 0.15) is 23.6 Å². The predicted octanol–water partition coefficient (Wildman–Crippen LogP) is 7.19. The van der Waals surface area contributed by atoms with Crippen LogP contribution in [0.2, 0.25) is 5.02 Å². The maximum atomic E-state index is 15.0. The molecule has 0 fully saturated rings. The molecule has 158 valence electrons. The maximum Gasteiger partial charge on any atom is 0.145 e. The van der Waals surface area contributed by atoms with E-state index in [4.69, 9.17) is 11.6 Å². The van der Waals surface area contributed by atoms with E-state index in [1.54, 1.807) is 6.20 Å². The minimum absolute atomic E-state index is 0.336. The molecule has 6 heteroatoms. The standard InChI is InChI=1S/C25H23ClFN3S/c1-5-17-6-8-18(9-7-17)22-14-30(25-21(22)11-19(26)13-28-25)24-12-23(27)20(10-15(24)2)16(3)29-31-4/h6-14,29H,3,5H2,1-2,4H3. The van der Waals surface area contributed by atoms with Crippen molar-refractivity contribution in [3.8, 4) is 16.8 Å². The molecule has 2 aromatic heterocycles. The van der Waals surface area contributed by atoms with Gasteiger partial charge >= 0.3 is 0 Å². The van der Waals surface area contributed by atoms with Gasteiger partial charge in [0.05, 0.1) is 10.7 Å². The van der Waals surface area contributed by atoms with Crippen LogP contribution in [0.4, 0.5) is 4.39 Å². The Morgan fingerprint density at radius 1 is 1.23 bits per heavy atom. The molecule has 4 aromatic rings. The summed E-state index contributed by atoms with van der Waals surface area (Å²) in [7, 11) is 0. The van der Waals surface area contributed by atoms with Crippen LogP contribution in [0.15, 0.2) is 61.4 Å². The van der Waals surface area contributed by atoms with Crippen molar-refractivity contribution in [2.45, 2.75) is 20.3 Å². The lowest BCUT2D eigenvalue weighted by atomic mass is 10.0. The van der Waals surface area contributed by atoms with Crippen LogP contribution in [0.5, 0.6) is 0 Å². The van der Waals surface area contributed by atoms with Gasteiger partial charge in [0.25, 0.3) is 0 Å². The maximum absolute atomic E-state index is 15.0. The van der Waals surface area contributed by atoms with Crippen LogP contribution in [-0.2, 0) is 6.42 Å². The molecule has 0 radical (unpaired) electrons. The van der Waals surface area contributed by atoms with Gasteiger partial charge in [-0.25, -0.2) is 9.37 Å². The van der Waals surface area contributed by atoms with Crippen molar-refractivity contribution in [3.05, 3.63) is 89.0 Å². The molecule has 3 nitrogen and oxygen atoms in total. The second-order valence-corrected chi connectivity index (χ2v) is 8.44. The van der Waals surface area contributed by atoms with E-state index in [1.165, 1.54) is 23.6 Å². The van der Waals surface area contributed by atoms with Gasteiger partial charge in [-0.05, 0) is 48.2 Å². The third-order valence-corrected chi connectivity index (χ3v) is 6.04. The van der Waals surface area contributed by atoms with Crippen molar-refractivity contribution in [1.82, 2.24) is 14.3 Å². The molecular weight excluding hydrogens is 429 g/mol. The van der Waals surface area contributed by atoms with Gasteiger partial charge in [0, 0.05) is 40.9 Å². The number of halogens is 2. The Hall–Kier alpha value is -2.76. The number of benzene rings is 2. The number of fused-ring (bicyclic) bond motifs is 1. The number of pyridine rings is 1. The summed E-state index contributed by atoms with van der Waals surface area (Å²) in [6.45, 7) is 8.03. The number of rotatable bonds is 6. The number of nitrogens with one attached hydrogen (secondary N) is 1. The summed E-state index contributed by atoms with van der Waals surface area (Å²) in [6, 6.07) is 13.7. The first-order chi connectivity index (χ1) is 14.9. The Morgan fingerprint density at radius 3 is 2.65 bits per heavy atom. The minimum atomic E-state index is -0.336. The molecule has 0 saturated heterocycles. The average molecular weight is 452 g/mol. The quantitative estimate of drug-likeness (QED) is 0.314. The topological polar surface area (TPSA) is 29.9 Å². The summed E-state index contributed by atoms with van der Waals surface area (Å²) in [4.78, 5) is 4.57. The lowest BCUT2D eigenvalue weighted by Crippen LogP contribution is -2.05. The molecule has 0 aliphatic carbocycles. The molecule has 31 heavy (non-hydrogen) atoms. The molecule has 0 spiro atoms. The largest absolute Gasteiger partial charge is 0.330 e. The Morgan fingerprint density at radius 2 is 1.97 bits per heavy atom. The lowest BCUT2D eigenvalue weighted by molar-refractivity contribution is 0.622. The number of nitrogens with zero attached hydrogens (tertiary/aromatic N) is 2. The lowest BCUT2D eigenvalue weighted by Gasteiger charge is -2.14. The summed E-state index contributed by atoms with van der Waals surface area (Å²) in [5.74, 6) is -0.336. The van der Waals surface area contributed by atoms with E-state index in [9.17, 15) is 0 Å². The van der Waals surface area contributed by atoms with Crippen molar-refractivity contribution in [2.75, 3.05) is 6.26 Å². The van der Waals surface area contributed by atoms with Crippen LogP contribution in [0, 0.1) is 12.7 Å². The molecule has 0 aliphatic heterocycles. The number of hydrogen-bond donors (Lipinski definition) is 1. The van der Waals surface area contributed by atoms with Crippen molar-refractivity contribution in [2.24, 2.45) is 0 Å². The Kier molecular flexibility index (Phi) is 6.08. The first-order valence-corrected chi connectivity index (χ1v) is 11.6. The summed E-state index contributed by atoms with van der Waals surface area (Å²) >= 11 is 7.65. The zero-order valence-corrected chi connectivity index (χ0v) is 19.2. The summed E-state index contributed by atoms with van der Waals surface area (Å²) in [6.07, 6.45) is 6.48. The molecule has 1 N–H and O–H groups in total. The molecule has 0 aliphatic rings. The highest BCUT2D eigenvalue weighted by Gasteiger charge is 2.17. The van der Waals surface area contributed by atoms with Crippen LogP contribution >= 0.6 is 23.5 Å². The smallest absolute Gasteiger partial charge is 0.145 e. The van der Waals surface area contributed by atoms with E-state index >= 15 is 4.39 Å². The van der Waals surface area contributed by atoms with Gasteiger partial charge in [-0.3, -0.25) is 0 Å². The van der Waals surface area contributed by atoms with Crippen molar-refractivity contribution in [3.63, 3.8) is 0 Å². The van der Waals surface area contributed by atoms with Crippen LogP contribution in [0.3, 0.4) is 0 Å². The van der Waals surface area contributed by atoms with Crippen LogP contribution in [-0.4, -0.2) is 15.8 Å². The molecule has 0 unspecified atom stereocenters. The number of aryl methyl sites for hydroxylation is 2. The van der Waals surface area contributed by atoms with Crippen molar-refractivity contribution < 1.29 is 4.39 Å². The summed E-state index contributed by atoms with van der Waals surface area (Å²) in [5, 5.41) is 1.49. The average Bonchev–Trinajstić information content (AvgIpc) is 3.13. The minimum Gasteiger partial charge on any atom is -0.330 e. The molecule has 0 amide bonds. The SMILES string of the molecule is C=C(NSC)c1cc(C)c(-n2cc(-c3ccc(CC)cc3)c3cc(Cl)cnc32)cc1F. The predicted molar refractivity (Wildman–Crippen MR) is 131 cm³/mol. The van der Waals surface area contributed by atoms with E-state index in [2.05, 4.69) is 47.5 Å². The Labute approximate surface area is 191 Å². The molecule has 0 bridgehead atoms. The zero-order valence-electron chi connectivity index (χ0n) is 17.7. The number of aromatic nitrogens is 2. The highest BCUT2D eigenvalue weighted by molar-refractivity contribution is 7.97. The van der Waals surface area contributed by atoms with Gasteiger partial charge in [-0.1, -0.05) is 61.3 Å². The fraction of sp³-hybridized carbons (Fsp3) is 0.160. The Balaban J connectivity index is 1.91. The van der Waals surface area contributed by atoms with Crippen LogP contribution in [0.25, 0.3) is 33.5 Å². The number of hydrogen-bond acceptors (Lipinski definition) is 3. The molecule has 0 atom stereocenters. The summed E-state index contributed by atoms with van der Waals surface area (Å²) < 4.78 is 19.9. The van der Waals surface area contributed by atoms with Crippen LogP contribution < -0.4 is 4.72 Å². The van der Waals surface area contributed by atoms with Crippen molar-refractivity contribution >= 4 is 40.3 Å². The van der Waals surface area contributed by atoms with Gasteiger partial charge in [0.15, 0.2) is 0 Å². The molecular formula is C25H23ClFN3S. The van der Waals surface area contributed by atoms with Gasteiger partial charge in [-0.2, -0.15) is 0 Å². The van der Waals surface area contributed by atoms with E-state index in [0.29, 0.717) is 16.3 Å². The van der Waals surface area contributed by atoms with Gasteiger partial charge in [0.2, 0.25) is 0 Å². The third-order valence-electron chi connectivity index (χ3n) is 5.38. The first kappa shape index (κ1) is 21.5. The first-order valence-electron chi connectivity index (χ1n) is 9.97. The van der Waals surface area contributed by atoms with E-state index in [0.717, 1.165) is 39.8 Å². The normalized spacial score (nSPS) is 11.1. The third kappa shape index (κ3) is 4.08.